The smallest absolute Gasteiger partial charge is 0.135 e. The summed E-state index contributed by atoms with van der Waals surface area (Å²) in [6.07, 6.45) is 3.42. The molecule has 0 bridgehead atoms. The normalized spacial score (nSPS) is 14.1. The standard InChI is InChI=1S/C69H57FO/c1-45-18-16-25-55(38-45)69(56-26-17-19-46(2)39-56)63-43-51(47(3)61(50-22-8-5-9-23-50)42-54-24-10-14-30-65(54)70)35-36-60(63)68-59-29-12-11-27-57(59)53(44-64(68)69)34-33-52(49-20-6-4-7-21-49)40-48-32-37-67-62(41-48)58-28-13-15-31-66(58)71-67/h4-32,35-39,41,43-44,47,52,61H,33-34,40,42H2,1-3H3. The molecule has 1 heterocycles. The third-order valence-corrected chi connectivity index (χ3v) is 15.9. The molecular weight excluding hydrogens is 864 g/mol. The molecule has 1 aliphatic carbocycles. The summed E-state index contributed by atoms with van der Waals surface area (Å²) in [6.45, 7) is 6.78. The van der Waals surface area contributed by atoms with Crippen molar-refractivity contribution in [2.75, 3.05) is 0 Å². The molecule has 0 amide bonds. The van der Waals surface area contributed by atoms with Crippen molar-refractivity contribution in [3.63, 3.8) is 0 Å². The Labute approximate surface area is 417 Å². The monoisotopic (exact) mass is 920 g/mol. The maximum Gasteiger partial charge on any atom is 0.135 e. The van der Waals surface area contributed by atoms with Crippen molar-refractivity contribution in [1.82, 2.24) is 0 Å². The molecule has 1 nitrogen and oxygen atoms in total. The van der Waals surface area contributed by atoms with Crippen LogP contribution in [0.4, 0.5) is 4.39 Å². The van der Waals surface area contributed by atoms with Crippen LogP contribution in [0.5, 0.6) is 0 Å². The second kappa shape index (κ2) is 18.5. The van der Waals surface area contributed by atoms with Gasteiger partial charge < -0.3 is 4.42 Å². The molecule has 0 fully saturated rings. The SMILES string of the molecule is Cc1cccc(C2(c3cccc(C)c3)c3cc(C(C)C(Cc4ccccc4F)c4ccccc4)ccc3-c3c2cc(CCC(Cc2ccc4oc5ccccc5c4c2)c2ccccc2)c2ccccc32)c1. The first-order valence-electron chi connectivity index (χ1n) is 25.4. The van der Waals surface area contributed by atoms with Crippen LogP contribution in [0.15, 0.2) is 229 Å². The van der Waals surface area contributed by atoms with Gasteiger partial charge in [-0.05, 0) is 159 Å². The maximum atomic E-state index is 15.5. The summed E-state index contributed by atoms with van der Waals surface area (Å²) >= 11 is 0. The fraction of sp³-hybridized carbons (Fsp3) is 0.159. The van der Waals surface area contributed by atoms with E-state index in [0.29, 0.717) is 12.3 Å². The molecule has 3 unspecified atom stereocenters. The fourth-order valence-electron chi connectivity index (χ4n) is 12.3. The number of aryl methyl sites for hydroxylation is 3. The number of fused-ring (bicyclic) bond motifs is 8. The van der Waals surface area contributed by atoms with Gasteiger partial charge in [0, 0.05) is 10.8 Å². The van der Waals surface area contributed by atoms with E-state index in [1.54, 1.807) is 12.1 Å². The summed E-state index contributed by atoms with van der Waals surface area (Å²) in [5, 5.41) is 4.94. The van der Waals surface area contributed by atoms with Crippen molar-refractivity contribution >= 4 is 32.7 Å². The lowest BCUT2D eigenvalue weighted by molar-refractivity contribution is 0.543. The van der Waals surface area contributed by atoms with Gasteiger partial charge in [-0.1, -0.05) is 218 Å². The number of para-hydroxylation sites is 1. The van der Waals surface area contributed by atoms with Crippen molar-refractivity contribution in [3.8, 4) is 11.1 Å². The summed E-state index contributed by atoms with van der Waals surface area (Å²) in [7, 11) is 0. The number of hydrogen-bond acceptors (Lipinski definition) is 1. The van der Waals surface area contributed by atoms with E-state index in [4.69, 9.17) is 4.42 Å². The first kappa shape index (κ1) is 44.4. The van der Waals surface area contributed by atoms with Gasteiger partial charge in [0.1, 0.15) is 17.0 Å². The van der Waals surface area contributed by atoms with E-state index >= 15 is 4.39 Å². The molecule has 0 N–H and O–H groups in total. The van der Waals surface area contributed by atoms with Gasteiger partial charge in [-0.3, -0.25) is 0 Å². The highest BCUT2D eigenvalue weighted by atomic mass is 19.1. The van der Waals surface area contributed by atoms with Crippen LogP contribution < -0.4 is 0 Å². The first-order chi connectivity index (χ1) is 34.8. The zero-order valence-corrected chi connectivity index (χ0v) is 40.7. The first-order valence-corrected chi connectivity index (χ1v) is 25.4. The third kappa shape index (κ3) is 7.96. The molecule has 0 saturated carbocycles. The van der Waals surface area contributed by atoms with E-state index in [0.717, 1.165) is 41.4 Å². The molecule has 10 aromatic carbocycles. The predicted molar refractivity (Wildman–Crippen MR) is 293 cm³/mol. The quantitative estimate of drug-likeness (QED) is 0.112. The zero-order chi connectivity index (χ0) is 48.1. The molecule has 71 heavy (non-hydrogen) atoms. The maximum absolute atomic E-state index is 15.5. The molecular formula is C69H57FO. The molecule has 0 saturated heterocycles. The van der Waals surface area contributed by atoms with Crippen LogP contribution in [0.1, 0.15) is 97.9 Å². The number of benzene rings is 10. The van der Waals surface area contributed by atoms with Gasteiger partial charge in [-0.15, -0.1) is 0 Å². The van der Waals surface area contributed by atoms with Crippen molar-refractivity contribution < 1.29 is 8.81 Å². The molecule has 2 heteroatoms. The predicted octanol–water partition coefficient (Wildman–Crippen LogP) is 17.9. The molecule has 12 rings (SSSR count). The lowest BCUT2D eigenvalue weighted by atomic mass is 9.66. The minimum absolute atomic E-state index is 0.0493. The van der Waals surface area contributed by atoms with Crippen LogP contribution in [-0.4, -0.2) is 0 Å². The minimum atomic E-state index is -0.618. The Morgan fingerprint density at radius 1 is 0.465 bits per heavy atom. The molecule has 346 valence electrons. The third-order valence-electron chi connectivity index (χ3n) is 15.9. The Morgan fingerprint density at radius 3 is 1.82 bits per heavy atom. The molecule has 3 atom stereocenters. The Morgan fingerprint density at radius 2 is 1.10 bits per heavy atom. The summed E-state index contributed by atoms with van der Waals surface area (Å²) < 4.78 is 21.8. The van der Waals surface area contributed by atoms with Gasteiger partial charge >= 0.3 is 0 Å². The van der Waals surface area contributed by atoms with E-state index in [-0.39, 0.29) is 17.7 Å². The second-order valence-electron chi connectivity index (χ2n) is 20.2. The van der Waals surface area contributed by atoms with Gasteiger partial charge in [0.2, 0.25) is 0 Å². The minimum Gasteiger partial charge on any atom is -0.456 e. The van der Waals surface area contributed by atoms with Crippen LogP contribution in [0.2, 0.25) is 0 Å². The summed E-state index contributed by atoms with van der Waals surface area (Å²) in [6, 6.07) is 81.8. The number of hydrogen-bond donors (Lipinski definition) is 0. The van der Waals surface area contributed by atoms with E-state index in [1.165, 1.54) is 88.5 Å². The molecule has 0 radical (unpaired) electrons. The number of halogens is 1. The summed E-state index contributed by atoms with van der Waals surface area (Å²) in [5.41, 5.74) is 18.7. The summed E-state index contributed by atoms with van der Waals surface area (Å²) in [5.74, 6) is 0.271. The average molecular weight is 921 g/mol. The van der Waals surface area contributed by atoms with Crippen molar-refractivity contribution in [2.45, 2.75) is 69.6 Å². The van der Waals surface area contributed by atoms with Gasteiger partial charge in [-0.2, -0.15) is 0 Å². The Kier molecular flexibility index (Phi) is 11.6. The van der Waals surface area contributed by atoms with E-state index in [1.807, 2.05) is 18.2 Å². The van der Waals surface area contributed by atoms with Crippen molar-refractivity contribution in [2.24, 2.45) is 0 Å². The van der Waals surface area contributed by atoms with E-state index in [9.17, 15) is 0 Å². The zero-order valence-electron chi connectivity index (χ0n) is 40.7. The molecule has 1 aliphatic rings. The van der Waals surface area contributed by atoms with Crippen LogP contribution in [0, 0.1) is 19.7 Å². The van der Waals surface area contributed by atoms with E-state index < -0.39 is 5.41 Å². The number of furan rings is 1. The summed E-state index contributed by atoms with van der Waals surface area (Å²) in [4.78, 5) is 0. The van der Waals surface area contributed by atoms with E-state index in [2.05, 4.69) is 215 Å². The molecule has 11 aromatic rings. The molecule has 1 aromatic heterocycles. The Bertz CT molecular complexity index is 3690. The molecule has 0 aliphatic heterocycles. The van der Waals surface area contributed by atoms with Crippen LogP contribution in [0.25, 0.3) is 43.8 Å². The lowest BCUT2D eigenvalue weighted by Gasteiger charge is -2.35. The second-order valence-corrected chi connectivity index (χ2v) is 20.2. The Balaban J connectivity index is 1.02. The van der Waals surface area contributed by atoms with Crippen LogP contribution in [0.3, 0.4) is 0 Å². The lowest BCUT2D eigenvalue weighted by Crippen LogP contribution is -2.29. The molecule has 0 spiro atoms. The highest BCUT2D eigenvalue weighted by molar-refractivity contribution is 6.06. The Hall–Kier alpha value is -7.81. The van der Waals surface area contributed by atoms with Crippen LogP contribution >= 0.6 is 0 Å². The van der Waals surface area contributed by atoms with Gasteiger partial charge in [0.05, 0.1) is 5.41 Å². The topological polar surface area (TPSA) is 13.1 Å². The highest BCUT2D eigenvalue weighted by Gasteiger charge is 2.48. The highest BCUT2D eigenvalue weighted by Crippen LogP contribution is 2.59. The van der Waals surface area contributed by atoms with Crippen LogP contribution in [-0.2, 0) is 24.7 Å². The fourth-order valence-corrected chi connectivity index (χ4v) is 12.3. The largest absolute Gasteiger partial charge is 0.456 e. The van der Waals surface area contributed by atoms with Gasteiger partial charge in [0.25, 0.3) is 0 Å². The van der Waals surface area contributed by atoms with Gasteiger partial charge in [0.15, 0.2) is 0 Å². The van der Waals surface area contributed by atoms with Crippen molar-refractivity contribution in [3.05, 3.63) is 297 Å². The number of rotatable bonds is 13. The van der Waals surface area contributed by atoms with Crippen molar-refractivity contribution in [1.29, 1.82) is 0 Å². The van der Waals surface area contributed by atoms with Gasteiger partial charge in [-0.25, -0.2) is 4.39 Å². The average Bonchev–Trinajstić information content (AvgIpc) is 3.93.